The van der Waals surface area contributed by atoms with Gasteiger partial charge in [-0.3, -0.25) is 14.5 Å². The van der Waals surface area contributed by atoms with Crippen molar-refractivity contribution in [1.29, 1.82) is 5.26 Å². The molecule has 0 aromatic carbocycles. The van der Waals surface area contributed by atoms with E-state index in [1.807, 2.05) is 53.7 Å². The Morgan fingerprint density at radius 3 is 2.70 bits per heavy atom. The van der Waals surface area contributed by atoms with E-state index in [9.17, 15) is 19.6 Å². The third-order valence-electron chi connectivity index (χ3n) is 7.26. The molecule has 0 saturated carbocycles. The van der Waals surface area contributed by atoms with Crippen molar-refractivity contribution in [3.05, 3.63) is 64.4 Å². The Morgan fingerprint density at radius 1 is 1.30 bits per heavy atom. The smallest absolute Gasteiger partial charge is 0.331 e. The molecule has 3 N–H and O–H groups in total. The second-order valence-corrected chi connectivity index (χ2v) is 12.6. The molecule has 0 spiro atoms. The van der Waals surface area contributed by atoms with Crippen LogP contribution in [0.15, 0.2) is 59.5 Å². The number of carbonyl (C=O) groups is 3. The van der Waals surface area contributed by atoms with Crippen LogP contribution in [-0.2, 0) is 4.79 Å². The number of pyridine rings is 1. The number of piperidine rings is 1. The van der Waals surface area contributed by atoms with Crippen molar-refractivity contribution in [3.63, 3.8) is 0 Å². The Hall–Kier alpha value is -4.27. The molecule has 2 aromatic heterocycles. The van der Waals surface area contributed by atoms with E-state index in [0.29, 0.717) is 58.1 Å². The molecule has 11 heteroatoms. The van der Waals surface area contributed by atoms with Crippen molar-refractivity contribution in [2.45, 2.75) is 66.0 Å². The molecule has 10 nitrogen and oxygen atoms in total. The van der Waals surface area contributed by atoms with Crippen LogP contribution in [0.3, 0.4) is 0 Å². The number of nitriles is 1. The number of urea groups is 1. The van der Waals surface area contributed by atoms with Crippen molar-refractivity contribution in [2.75, 3.05) is 29.9 Å². The number of hydrogen-bond acceptors (Lipinski definition) is 7. The van der Waals surface area contributed by atoms with Crippen molar-refractivity contribution in [2.24, 2.45) is 0 Å². The number of likely N-dealkylation sites (N-methyl/N-ethyl adjacent to an activating group) is 1. The summed E-state index contributed by atoms with van der Waals surface area (Å²) in [4.78, 5) is 49.1. The molecule has 1 fully saturated rings. The minimum Gasteiger partial charge on any atom is -0.347 e. The quantitative estimate of drug-likeness (QED) is 0.194. The Bertz CT molecular complexity index is 1600. The second kappa shape index (κ2) is 12.9. The van der Waals surface area contributed by atoms with Crippen LogP contribution < -0.4 is 20.9 Å². The molecule has 4 heterocycles. The third kappa shape index (κ3) is 6.87. The van der Waals surface area contributed by atoms with Crippen LogP contribution in [0.5, 0.6) is 0 Å². The molecule has 1 atom stereocenters. The zero-order valence-corrected chi connectivity index (χ0v) is 26.4. The van der Waals surface area contributed by atoms with Crippen molar-refractivity contribution in [1.82, 2.24) is 20.5 Å². The van der Waals surface area contributed by atoms with Gasteiger partial charge < -0.3 is 20.9 Å². The van der Waals surface area contributed by atoms with Crippen LogP contribution in [-0.4, -0.2) is 58.9 Å². The molecule has 0 radical (unpaired) electrons. The van der Waals surface area contributed by atoms with Gasteiger partial charge in [0.25, 0.3) is 11.8 Å². The highest BCUT2D eigenvalue weighted by Crippen LogP contribution is 2.45. The van der Waals surface area contributed by atoms with Crippen LogP contribution in [0.25, 0.3) is 10.2 Å². The predicted octanol–water partition coefficient (Wildman–Crippen LogP) is 5.63. The third-order valence-corrected chi connectivity index (χ3v) is 8.36. The fourth-order valence-corrected chi connectivity index (χ4v) is 6.40. The van der Waals surface area contributed by atoms with Gasteiger partial charge in [-0.15, -0.1) is 11.3 Å². The number of rotatable bonds is 9. The fraction of sp³-hybridized carbons (Fsp3) is 0.406. The Labute approximate surface area is 256 Å². The number of nitrogens with zero attached hydrogens (tertiary/aromatic N) is 4. The zero-order valence-electron chi connectivity index (χ0n) is 25.6. The largest absolute Gasteiger partial charge is 0.347 e. The van der Waals surface area contributed by atoms with E-state index in [1.165, 1.54) is 11.3 Å². The number of anilines is 2. The first kappa shape index (κ1) is 31.7. The number of carbonyl (C=O) groups excluding carboxylic acids is 3. The number of likely N-dealkylation sites (tertiary alicyclic amines) is 1. The molecule has 0 bridgehead atoms. The maximum atomic E-state index is 13.6. The first-order valence-electron chi connectivity index (χ1n) is 14.4. The summed E-state index contributed by atoms with van der Waals surface area (Å²) in [6, 6.07) is 3.15. The molecule has 2 aliphatic rings. The van der Waals surface area contributed by atoms with Crippen molar-refractivity contribution >= 4 is 50.8 Å². The number of aromatic nitrogens is 1. The van der Waals surface area contributed by atoms with Crippen molar-refractivity contribution in [3.8, 4) is 6.07 Å². The summed E-state index contributed by atoms with van der Waals surface area (Å²) in [5.74, 6) is -0.688. The van der Waals surface area contributed by atoms with Crippen LogP contribution in [0.1, 0.15) is 64.1 Å². The molecular formula is C32H39N7O3S. The van der Waals surface area contributed by atoms with Crippen LogP contribution >= 0.6 is 11.3 Å². The summed E-state index contributed by atoms with van der Waals surface area (Å²) in [7, 11) is 0. The number of allylic oxidation sites excluding steroid dienone is 4. The minimum atomic E-state index is -0.512. The molecule has 2 aliphatic heterocycles. The number of nitrogens with one attached hydrogen (secondary N) is 3. The maximum absolute atomic E-state index is 13.6. The SMILES string of the molecule is C=C(C)/C=C\C(=C(C)C)N1C(=O)Nc2c(C(=O)N[C@@H]3CCCN(C(=O)/C(C#N)=C/C(C)(C)NCC)C3)sc3nccc1c23. The van der Waals surface area contributed by atoms with E-state index in [2.05, 4.69) is 33.6 Å². The molecule has 0 unspecified atom stereocenters. The lowest BCUT2D eigenvalue weighted by atomic mass is 9.99. The first-order valence-corrected chi connectivity index (χ1v) is 15.2. The summed E-state index contributed by atoms with van der Waals surface area (Å²) in [6.45, 7) is 17.0. The normalized spacial score (nSPS) is 17.1. The van der Waals surface area contributed by atoms with Crippen molar-refractivity contribution < 1.29 is 14.4 Å². The molecule has 226 valence electrons. The van der Waals surface area contributed by atoms with Gasteiger partial charge in [0, 0.05) is 36.6 Å². The molecule has 4 rings (SSSR count). The molecule has 1 saturated heterocycles. The Kier molecular flexibility index (Phi) is 9.52. The fourth-order valence-electron chi connectivity index (χ4n) is 5.38. The zero-order chi connectivity index (χ0) is 31.5. The van der Waals surface area contributed by atoms with E-state index < -0.39 is 5.54 Å². The average molecular weight is 602 g/mol. The number of thiophene rings is 1. The molecule has 4 amide bonds. The Morgan fingerprint density at radius 2 is 2.05 bits per heavy atom. The van der Waals surface area contributed by atoms with Gasteiger partial charge in [0.05, 0.1) is 16.8 Å². The summed E-state index contributed by atoms with van der Waals surface area (Å²) < 4.78 is 0. The number of hydrogen-bond donors (Lipinski definition) is 3. The van der Waals surface area contributed by atoms with Gasteiger partial charge in [-0.2, -0.15) is 5.26 Å². The summed E-state index contributed by atoms with van der Waals surface area (Å²) in [6.07, 6.45) is 8.39. The first-order chi connectivity index (χ1) is 20.4. The maximum Gasteiger partial charge on any atom is 0.331 e. The van der Waals surface area contributed by atoms with Crippen LogP contribution in [0.4, 0.5) is 16.2 Å². The van der Waals surface area contributed by atoms with E-state index in [-0.39, 0.29) is 36.0 Å². The van der Waals surface area contributed by atoms with Gasteiger partial charge in [0.1, 0.15) is 21.3 Å². The van der Waals surface area contributed by atoms with Crippen LogP contribution in [0, 0.1) is 11.3 Å². The monoisotopic (exact) mass is 601 g/mol. The summed E-state index contributed by atoms with van der Waals surface area (Å²) in [5.41, 5.74) is 3.14. The van der Waals surface area contributed by atoms with Gasteiger partial charge >= 0.3 is 6.03 Å². The topological polar surface area (TPSA) is 130 Å². The van der Waals surface area contributed by atoms with E-state index in [0.717, 1.165) is 11.1 Å². The molecular weight excluding hydrogens is 562 g/mol. The van der Waals surface area contributed by atoms with Gasteiger partial charge in [-0.1, -0.05) is 30.7 Å². The lowest BCUT2D eigenvalue weighted by Gasteiger charge is -2.33. The Balaban J connectivity index is 1.59. The van der Waals surface area contributed by atoms with E-state index in [1.54, 1.807) is 28.1 Å². The summed E-state index contributed by atoms with van der Waals surface area (Å²) >= 11 is 1.22. The van der Waals surface area contributed by atoms with Gasteiger partial charge in [-0.25, -0.2) is 9.78 Å². The van der Waals surface area contributed by atoms with Gasteiger partial charge in [-0.05, 0) is 72.2 Å². The minimum absolute atomic E-state index is 0.0755. The van der Waals surface area contributed by atoms with Gasteiger partial charge in [0.2, 0.25) is 0 Å². The molecule has 0 aliphatic carbocycles. The lowest BCUT2D eigenvalue weighted by Crippen LogP contribution is -2.50. The average Bonchev–Trinajstić information content (AvgIpc) is 3.32. The van der Waals surface area contributed by atoms with Crippen LogP contribution in [0.2, 0.25) is 0 Å². The van der Waals surface area contributed by atoms with E-state index >= 15 is 0 Å². The second-order valence-electron chi connectivity index (χ2n) is 11.6. The molecule has 43 heavy (non-hydrogen) atoms. The standard InChI is InChI=1S/C32H39N7O3S/c1-8-35-32(6,7)16-21(17-33)30(41)38-15-9-10-22(18-38)36-28(40)27-26-25-24(13-14-34-29(25)43-27)39(31(42)37-26)23(20(4)5)12-11-19(2)3/h11-14,16,22,35H,2,8-10,15,18H2,1,3-7H3,(H,36,40)(H,37,42)/b12-11-,21-16+/t22-/m1/s1. The highest BCUT2D eigenvalue weighted by molar-refractivity contribution is 7.21. The van der Waals surface area contributed by atoms with E-state index in [4.69, 9.17) is 0 Å². The number of amides is 4. The summed E-state index contributed by atoms with van der Waals surface area (Å²) in [5, 5.41) is 19.7. The highest BCUT2D eigenvalue weighted by Gasteiger charge is 2.35. The lowest BCUT2D eigenvalue weighted by molar-refractivity contribution is -0.128. The predicted molar refractivity (Wildman–Crippen MR) is 172 cm³/mol. The van der Waals surface area contributed by atoms with Gasteiger partial charge in [0.15, 0.2) is 0 Å². The highest BCUT2D eigenvalue weighted by atomic mass is 32.1. The molecule has 2 aromatic rings.